The van der Waals surface area contributed by atoms with Crippen molar-refractivity contribution in [2.75, 3.05) is 6.54 Å². The summed E-state index contributed by atoms with van der Waals surface area (Å²) in [4.78, 5) is 0. The molecule has 1 N–H and O–H groups in total. The van der Waals surface area contributed by atoms with Gasteiger partial charge in [0.25, 0.3) is 0 Å². The predicted octanol–water partition coefficient (Wildman–Crippen LogP) is 2.42. The van der Waals surface area contributed by atoms with Gasteiger partial charge >= 0.3 is 0 Å². The van der Waals surface area contributed by atoms with Crippen molar-refractivity contribution in [1.82, 2.24) is 5.32 Å². The molecule has 0 amide bonds. The Balaban J connectivity index is 2.37. The summed E-state index contributed by atoms with van der Waals surface area (Å²) in [6, 6.07) is 0.819. The van der Waals surface area contributed by atoms with Gasteiger partial charge in [0.1, 0.15) is 0 Å². The van der Waals surface area contributed by atoms with Crippen molar-refractivity contribution in [2.45, 2.75) is 46.1 Å². The standard InChI is InChI=1S/C10H21N/c1-4-11-10-7-5-6-9(10)8(2)3/h8-11H,4-7H2,1-3H3. The number of rotatable bonds is 3. The summed E-state index contributed by atoms with van der Waals surface area (Å²) in [7, 11) is 0. The van der Waals surface area contributed by atoms with Gasteiger partial charge in [0.2, 0.25) is 0 Å². The van der Waals surface area contributed by atoms with Crippen molar-refractivity contribution in [3.63, 3.8) is 0 Å². The second kappa shape index (κ2) is 4.10. The molecule has 0 aliphatic heterocycles. The Labute approximate surface area is 70.6 Å². The topological polar surface area (TPSA) is 12.0 Å². The summed E-state index contributed by atoms with van der Waals surface area (Å²) in [6.07, 6.45) is 4.27. The molecule has 1 heteroatoms. The van der Waals surface area contributed by atoms with E-state index < -0.39 is 0 Å². The summed E-state index contributed by atoms with van der Waals surface area (Å²) in [5.74, 6) is 1.80. The smallest absolute Gasteiger partial charge is 0.00976 e. The third-order valence-electron chi connectivity index (χ3n) is 2.89. The Morgan fingerprint density at radius 2 is 2.09 bits per heavy atom. The first kappa shape index (κ1) is 9.05. The number of hydrogen-bond acceptors (Lipinski definition) is 1. The van der Waals surface area contributed by atoms with Crippen LogP contribution in [-0.4, -0.2) is 12.6 Å². The van der Waals surface area contributed by atoms with Gasteiger partial charge in [-0.05, 0) is 31.2 Å². The van der Waals surface area contributed by atoms with Crippen LogP contribution in [0, 0.1) is 11.8 Å². The van der Waals surface area contributed by atoms with Gasteiger partial charge in [-0.1, -0.05) is 27.2 Å². The Hall–Kier alpha value is -0.0400. The maximum absolute atomic E-state index is 3.58. The maximum atomic E-state index is 3.58. The minimum absolute atomic E-state index is 0.819. The zero-order chi connectivity index (χ0) is 8.27. The molecule has 0 aromatic rings. The van der Waals surface area contributed by atoms with Gasteiger partial charge in [-0.2, -0.15) is 0 Å². The molecule has 0 aromatic heterocycles. The number of hydrogen-bond donors (Lipinski definition) is 1. The average molecular weight is 155 g/mol. The molecular weight excluding hydrogens is 134 g/mol. The Morgan fingerprint density at radius 1 is 1.36 bits per heavy atom. The van der Waals surface area contributed by atoms with E-state index in [1.54, 1.807) is 0 Å². The molecule has 2 atom stereocenters. The largest absolute Gasteiger partial charge is 0.314 e. The van der Waals surface area contributed by atoms with Gasteiger partial charge < -0.3 is 5.32 Å². The Morgan fingerprint density at radius 3 is 2.64 bits per heavy atom. The zero-order valence-corrected chi connectivity index (χ0v) is 8.06. The van der Waals surface area contributed by atoms with Gasteiger partial charge in [-0.15, -0.1) is 0 Å². The van der Waals surface area contributed by atoms with Crippen molar-refractivity contribution in [1.29, 1.82) is 0 Å². The molecule has 0 bridgehead atoms. The predicted molar refractivity (Wildman–Crippen MR) is 49.6 cm³/mol. The van der Waals surface area contributed by atoms with E-state index >= 15 is 0 Å². The molecular formula is C10H21N. The summed E-state index contributed by atoms with van der Waals surface area (Å²) < 4.78 is 0. The summed E-state index contributed by atoms with van der Waals surface area (Å²) in [6.45, 7) is 8.03. The third-order valence-corrected chi connectivity index (χ3v) is 2.89. The number of nitrogens with one attached hydrogen (secondary N) is 1. The lowest BCUT2D eigenvalue weighted by Crippen LogP contribution is -2.34. The lowest BCUT2D eigenvalue weighted by Gasteiger charge is -2.23. The summed E-state index contributed by atoms with van der Waals surface area (Å²) in [5, 5.41) is 3.58. The minimum Gasteiger partial charge on any atom is -0.314 e. The van der Waals surface area contributed by atoms with E-state index in [1.807, 2.05) is 0 Å². The van der Waals surface area contributed by atoms with Crippen LogP contribution in [0.5, 0.6) is 0 Å². The zero-order valence-electron chi connectivity index (χ0n) is 8.06. The van der Waals surface area contributed by atoms with Crippen LogP contribution in [0.2, 0.25) is 0 Å². The first-order valence-corrected chi connectivity index (χ1v) is 4.99. The fourth-order valence-electron chi connectivity index (χ4n) is 2.30. The van der Waals surface area contributed by atoms with Gasteiger partial charge in [0.05, 0.1) is 0 Å². The Kier molecular flexibility index (Phi) is 3.38. The van der Waals surface area contributed by atoms with Crippen LogP contribution in [0.1, 0.15) is 40.0 Å². The molecule has 1 nitrogen and oxygen atoms in total. The molecule has 0 saturated heterocycles. The highest BCUT2D eigenvalue weighted by Gasteiger charge is 2.28. The second-order valence-electron chi connectivity index (χ2n) is 4.00. The highest BCUT2D eigenvalue weighted by atomic mass is 14.9. The van der Waals surface area contributed by atoms with E-state index in [0.717, 1.165) is 24.4 Å². The normalized spacial score (nSPS) is 31.6. The second-order valence-corrected chi connectivity index (χ2v) is 4.00. The molecule has 2 unspecified atom stereocenters. The molecule has 1 fully saturated rings. The average Bonchev–Trinajstić information content (AvgIpc) is 2.36. The van der Waals surface area contributed by atoms with Crippen LogP contribution in [0.3, 0.4) is 0 Å². The van der Waals surface area contributed by atoms with Crippen molar-refractivity contribution < 1.29 is 0 Å². The van der Waals surface area contributed by atoms with Crippen molar-refractivity contribution in [2.24, 2.45) is 11.8 Å². The highest BCUT2D eigenvalue weighted by molar-refractivity contribution is 4.84. The van der Waals surface area contributed by atoms with E-state index in [1.165, 1.54) is 19.3 Å². The van der Waals surface area contributed by atoms with Crippen LogP contribution < -0.4 is 5.32 Å². The fraction of sp³-hybridized carbons (Fsp3) is 1.00. The van der Waals surface area contributed by atoms with Crippen LogP contribution in [-0.2, 0) is 0 Å². The third kappa shape index (κ3) is 2.19. The van der Waals surface area contributed by atoms with Gasteiger partial charge in [-0.3, -0.25) is 0 Å². The lowest BCUT2D eigenvalue weighted by atomic mass is 9.91. The van der Waals surface area contributed by atoms with Crippen molar-refractivity contribution >= 4 is 0 Å². The molecule has 11 heavy (non-hydrogen) atoms. The maximum Gasteiger partial charge on any atom is 0.00976 e. The van der Waals surface area contributed by atoms with Crippen molar-refractivity contribution in [3.8, 4) is 0 Å². The first-order valence-electron chi connectivity index (χ1n) is 4.99. The van der Waals surface area contributed by atoms with Gasteiger partial charge in [0, 0.05) is 6.04 Å². The molecule has 1 rings (SSSR count). The molecule has 1 saturated carbocycles. The SMILES string of the molecule is CCNC1CCCC1C(C)C. The van der Waals surface area contributed by atoms with E-state index in [0.29, 0.717) is 0 Å². The van der Waals surface area contributed by atoms with Crippen LogP contribution in [0.4, 0.5) is 0 Å². The fourth-order valence-corrected chi connectivity index (χ4v) is 2.30. The molecule has 1 aliphatic carbocycles. The van der Waals surface area contributed by atoms with E-state index in [9.17, 15) is 0 Å². The van der Waals surface area contributed by atoms with Crippen LogP contribution in [0.15, 0.2) is 0 Å². The Bertz CT molecular complexity index is 109. The lowest BCUT2D eigenvalue weighted by molar-refractivity contribution is 0.318. The molecule has 0 radical (unpaired) electrons. The monoisotopic (exact) mass is 155 g/mol. The minimum atomic E-state index is 0.819. The molecule has 66 valence electrons. The van der Waals surface area contributed by atoms with Crippen LogP contribution in [0.25, 0.3) is 0 Å². The highest BCUT2D eigenvalue weighted by Crippen LogP contribution is 2.31. The van der Waals surface area contributed by atoms with Crippen molar-refractivity contribution in [3.05, 3.63) is 0 Å². The van der Waals surface area contributed by atoms with E-state index in [-0.39, 0.29) is 0 Å². The first-order chi connectivity index (χ1) is 5.25. The van der Waals surface area contributed by atoms with Crippen LogP contribution >= 0.6 is 0 Å². The summed E-state index contributed by atoms with van der Waals surface area (Å²) >= 11 is 0. The van der Waals surface area contributed by atoms with Gasteiger partial charge in [-0.25, -0.2) is 0 Å². The van der Waals surface area contributed by atoms with E-state index in [4.69, 9.17) is 0 Å². The molecule has 1 aliphatic rings. The molecule has 0 heterocycles. The quantitative estimate of drug-likeness (QED) is 0.660. The summed E-state index contributed by atoms with van der Waals surface area (Å²) in [5.41, 5.74) is 0. The molecule has 0 aromatic carbocycles. The molecule has 0 spiro atoms. The van der Waals surface area contributed by atoms with Gasteiger partial charge in [0.15, 0.2) is 0 Å². The van der Waals surface area contributed by atoms with E-state index in [2.05, 4.69) is 26.1 Å².